The molecule has 0 aliphatic rings. The molecule has 0 bridgehead atoms. The minimum absolute atomic E-state index is 0.0568. The Bertz CT molecular complexity index is 397. The number of rotatable bonds is 4. The second kappa shape index (κ2) is 6.02. The maximum absolute atomic E-state index is 9.22. The summed E-state index contributed by atoms with van der Waals surface area (Å²) in [5.74, 6) is 0. The number of hydrogen-bond donors (Lipinski definition) is 2. The van der Waals surface area contributed by atoms with E-state index in [9.17, 15) is 5.11 Å². The second-order valence-electron chi connectivity index (χ2n) is 3.64. The molecule has 0 aromatic carbocycles. The van der Waals surface area contributed by atoms with Crippen LogP contribution in [0.1, 0.15) is 25.1 Å². The Morgan fingerprint density at radius 1 is 1.62 bits per heavy atom. The molecular formula is C12H17N3O. The highest BCUT2D eigenvalue weighted by Crippen LogP contribution is 2.09. The van der Waals surface area contributed by atoms with Gasteiger partial charge in [-0.3, -0.25) is 9.98 Å². The Kier molecular flexibility index (Phi) is 4.66. The van der Waals surface area contributed by atoms with Crippen molar-refractivity contribution in [3.63, 3.8) is 0 Å². The number of nitrogens with zero attached hydrogens (tertiary/aromatic N) is 2. The number of pyridine rings is 1. The maximum Gasteiger partial charge on any atom is 0.0937 e. The molecule has 16 heavy (non-hydrogen) atoms. The van der Waals surface area contributed by atoms with Crippen LogP contribution in [-0.2, 0) is 6.61 Å². The van der Waals surface area contributed by atoms with Gasteiger partial charge in [-0.25, -0.2) is 0 Å². The third-order valence-electron chi connectivity index (χ3n) is 1.96. The van der Waals surface area contributed by atoms with Crippen LogP contribution < -0.4 is 5.73 Å². The van der Waals surface area contributed by atoms with E-state index in [-0.39, 0.29) is 12.6 Å². The second-order valence-corrected chi connectivity index (χ2v) is 3.64. The number of aliphatic imine (C=N–C) groups is 1. The van der Waals surface area contributed by atoms with Gasteiger partial charge < -0.3 is 10.8 Å². The Morgan fingerprint density at radius 2 is 2.38 bits per heavy atom. The molecule has 0 aliphatic heterocycles. The Balaban J connectivity index is 3.20. The van der Waals surface area contributed by atoms with E-state index >= 15 is 0 Å². The van der Waals surface area contributed by atoms with Crippen LogP contribution in [-0.4, -0.2) is 21.8 Å². The predicted molar refractivity (Wildman–Crippen MR) is 65.2 cm³/mol. The molecule has 0 fully saturated rings. The molecule has 86 valence electrons. The van der Waals surface area contributed by atoms with Crippen molar-refractivity contribution in [1.82, 2.24) is 4.98 Å². The monoisotopic (exact) mass is 219 g/mol. The zero-order valence-electron chi connectivity index (χ0n) is 9.59. The number of nitrogens with two attached hydrogens (primary N) is 1. The van der Waals surface area contributed by atoms with Gasteiger partial charge in [0.2, 0.25) is 0 Å². The first-order valence-electron chi connectivity index (χ1n) is 5.20. The summed E-state index contributed by atoms with van der Waals surface area (Å²) in [5, 5.41) is 9.22. The van der Waals surface area contributed by atoms with E-state index in [1.807, 2.05) is 19.9 Å². The molecule has 4 nitrogen and oxygen atoms in total. The first-order chi connectivity index (χ1) is 7.69. The van der Waals surface area contributed by atoms with Crippen LogP contribution in [0.3, 0.4) is 0 Å². The van der Waals surface area contributed by atoms with Gasteiger partial charge in [0.1, 0.15) is 0 Å². The molecule has 1 rings (SSSR count). The average molecular weight is 219 g/mol. The van der Waals surface area contributed by atoms with Crippen LogP contribution >= 0.6 is 0 Å². The lowest BCUT2D eigenvalue weighted by atomic mass is 10.1. The summed E-state index contributed by atoms with van der Waals surface area (Å²) < 4.78 is 0. The molecule has 1 aromatic rings. The lowest BCUT2D eigenvalue weighted by Gasteiger charge is -2.07. The number of aliphatic hydroxyl groups excluding tert-OH is 1. The fourth-order valence-corrected chi connectivity index (χ4v) is 1.35. The van der Waals surface area contributed by atoms with Crippen LogP contribution in [0.2, 0.25) is 0 Å². The van der Waals surface area contributed by atoms with E-state index in [0.29, 0.717) is 11.4 Å². The van der Waals surface area contributed by atoms with Gasteiger partial charge >= 0.3 is 0 Å². The summed E-state index contributed by atoms with van der Waals surface area (Å²) >= 11 is 0. The molecule has 0 saturated heterocycles. The van der Waals surface area contributed by atoms with E-state index in [1.165, 1.54) is 6.20 Å². The van der Waals surface area contributed by atoms with E-state index in [1.54, 1.807) is 18.3 Å². The SMILES string of the molecule is CC(C)N=C(C=CN)c1ncccc1CO. The predicted octanol–water partition coefficient (Wildman–Crippen LogP) is 1.24. The summed E-state index contributed by atoms with van der Waals surface area (Å²) in [6.07, 6.45) is 4.80. The van der Waals surface area contributed by atoms with Crippen molar-refractivity contribution in [3.8, 4) is 0 Å². The highest BCUT2D eigenvalue weighted by Gasteiger charge is 2.07. The van der Waals surface area contributed by atoms with Crippen molar-refractivity contribution in [1.29, 1.82) is 0 Å². The number of aromatic nitrogens is 1. The van der Waals surface area contributed by atoms with Gasteiger partial charge in [-0.05, 0) is 32.2 Å². The zero-order chi connectivity index (χ0) is 12.0. The van der Waals surface area contributed by atoms with Gasteiger partial charge in [-0.1, -0.05) is 6.07 Å². The molecule has 1 aromatic heterocycles. The highest BCUT2D eigenvalue weighted by atomic mass is 16.3. The maximum atomic E-state index is 9.22. The van der Waals surface area contributed by atoms with Crippen LogP contribution in [0.4, 0.5) is 0 Å². The van der Waals surface area contributed by atoms with E-state index in [4.69, 9.17) is 5.73 Å². The summed E-state index contributed by atoms with van der Waals surface area (Å²) in [7, 11) is 0. The summed E-state index contributed by atoms with van der Waals surface area (Å²) in [4.78, 5) is 8.65. The zero-order valence-corrected chi connectivity index (χ0v) is 9.59. The third kappa shape index (κ3) is 3.17. The van der Waals surface area contributed by atoms with Crippen LogP contribution in [0.15, 0.2) is 35.6 Å². The quantitative estimate of drug-likeness (QED) is 0.748. The lowest BCUT2D eigenvalue weighted by molar-refractivity contribution is 0.281. The fraction of sp³-hybridized carbons (Fsp3) is 0.333. The topological polar surface area (TPSA) is 71.5 Å². The number of hydrogen-bond acceptors (Lipinski definition) is 4. The first-order valence-corrected chi connectivity index (χ1v) is 5.20. The summed E-state index contributed by atoms with van der Waals surface area (Å²) in [6.45, 7) is 3.90. The van der Waals surface area contributed by atoms with Crippen molar-refractivity contribution in [3.05, 3.63) is 41.9 Å². The van der Waals surface area contributed by atoms with E-state index < -0.39 is 0 Å². The molecule has 0 atom stereocenters. The largest absolute Gasteiger partial charge is 0.405 e. The molecule has 4 heteroatoms. The molecule has 3 N–H and O–H groups in total. The summed E-state index contributed by atoms with van der Waals surface area (Å²) in [6, 6.07) is 3.76. The molecule has 0 spiro atoms. The van der Waals surface area contributed by atoms with Crippen LogP contribution in [0.25, 0.3) is 0 Å². The summed E-state index contributed by atoms with van der Waals surface area (Å²) in [5.41, 5.74) is 7.51. The van der Waals surface area contributed by atoms with Crippen molar-refractivity contribution >= 4 is 5.71 Å². The van der Waals surface area contributed by atoms with E-state index in [2.05, 4.69) is 9.98 Å². The molecule has 0 saturated carbocycles. The van der Waals surface area contributed by atoms with Crippen molar-refractivity contribution in [2.24, 2.45) is 10.7 Å². The Morgan fingerprint density at radius 3 is 2.94 bits per heavy atom. The lowest BCUT2D eigenvalue weighted by Crippen LogP contribution is -2.08. The van der Waals surface area contributed by atoms with E-state index in [0.717, 1.165) is 5.56 Å². The standard InChI is InChI=1S/C12H17N3O/c1-9(2)15-11(5-6-13)12-10(8-16)4-3-7-14-12/h3-7,9,16H,8,13H2,1-2H3. The smallest absolute Gasteiger partial charge is 0.0937 e. The van der Waals surface area contributed by atoms with Gasteiger partial charge in [-0.15, -0.1) is 0 Å². The van der Waals surface area contributed by atoms with Crippen molar-refractivity contribution < 1.29 is 5.11 Å². The molecule has 0 radical (unpaired) electrons. The molecule has 0 unspecified atom stereocenters. The number of aliphatic hydroxyl groups is 1. The average Bonchev–Trinajstić information content (AvgIpc) is 2.28. The molecule has 1 heterocycles. The molecular weight excluding hydrogens is 202 g/mol. The van der Waals surface area contributed by atoms with Gasteiger partial charge in [0, 0.05) is 17.8 Å². The van der Waals surface area contributed by atoms with Crippen LogP contribution in [0, 0.1) is 0 Å². The van der Waals surface area contributed by atoms with Gasteiger partial charge in [0.15, 0.2) is 0 Å². The first kappa shape index (κ1) is 12.4. The normalized spacial score (nSPS) is 12.6. The molecule has 0 amide bonds. The Labute approximate surface area is 95.5 Å². The van der Waals surface area contributed by atoms with Crippen LogP contribution in [0.5, 0.6) is 0 Å². The third-order valence-corrected chi connectivity index (χ3v) is 1.96. The minimum Gasteiger partial charge on any atom is -0.405 e. The van der Waals surface area contributed by atoms with Gasteiger partial charge in [-0.2, -0.15) is 0 Å². The van der Waals surface area contributed by atoms with Gasteiger partial charge in [0.05, 0.1) is 18.0 Å². The number of allylic oxidation sites excluding steroid dienone is 1. The Hall–Kier alpha value is -1.68. The highest BCUT2D eigenvalue weighted by molar-refractivity contribution is 6.08. The molecule has 0 aliphatic carbocycles. The van der Waals surface area contributed by atoms with Crippen molar-refractivity contribution in [2.45, 2.75) is 26.5 Å². The van der Waals surface area contributed by atoms with Crippen molar-refractivity contribution in [2.75, 3.05) is 0 Å². The fourth-order valence-electron chi connectivity index (χ4n) is 1.35. The van der Waals surface area contributed by atoms with Gasteiger partial charge in [0.25, 0.3) is 0 Å². The minimum atomic E-state index is -0.0568.